The van der Waals surface area contributed by atoms with Gasteiger partial charge in [-0.1, -0.05) is 62.4 Å². The van der Waals surface area contributed by atoms with Gasteiger partial charge in [0.25, 0.3) is 0 Å². The summed E-state index contributed by atoms with van der Waals surface area (Å²) in [4.78, 5) is 27.1. The number of ether oxygens (including phenoxy) is 1. The van der Waals surface area contributed by atoms with Crippen LogP contribution in [0.25, 0.3) is 16.6 Å². The van der Waals surface area contributed by atoms with Crippen molar-refractivity contribution in [2.45, 2.75) is 19.8 Å². The molecule has 4 rings (SSSR count). The molecule has 5 heteroatoms. The van der Waals surface area contributed by atoms with Gasteiger partial charge in [0.1, 0.15) is 0 Å². The van der Waals surface area contributed by atoms with Crippen LogP contribution in [-0.2, 0) is 0 Å². The van der Waals surface area contributed by atoms with Crippen molar-refractivity contribution in [2.75, 3.05) is 7.11 Å². The Bertz CT molecular complexity index is 1330. The zero-order valence-corrected chi connectivity index (χ0v) is 17.6. The molecule has 0 radical (unpaired) electrons. The molecule has 4 nitrogen and oxygen atoms in total. The van der Waals surface area contributed by atoms with Crippen molar-refractivity contribution in [1.29, 1.82) is 0 Å². The molecule has 0 saturated heterocycles. The number of ketones is 1. The number of para-hydroxylation sites is 1. The van der Waals surface area contributed by atoms with E-state index in [0.29, 0.717) is 16.8 Å². The Morgan fingerprint density at radius 1 is 0.968 bits per heavy atom. The number of hydrogen-bond donors (Lipinski definition) is 0. The molecular weight excluding hydrogens is 393 g/mol. The summed E-state index contributed by atoms with van der Waals surface area (Å²) in [6, 6.07) is 20.8. The van der Waals surface area contributed by atoms with E-state index >= 15 is 0 Å². The van der Waals surface area contributed by atoms with Crippen LogP contribution in [0.15, 0.2) is 77.6 Å². The van der Waals surface area contributed by atoms with E-state index in [9.17, 15) is 14.0 Å². The van der Waals surface area contributed by atoms with Gasteiger partial charge in [-0.3, -0.25) is 9.59 Å². The fourth-order valence-corrected chi connectivity index (χ4v) is 3.91. The maximum absolute atomic E-state index is 14.6. The monoisotopic (exact) mass is 415 g/mol. The Hall–Kier alpha value is -3.73. The number of fused-ring (bicyclic) bond motifs is 1. The Morgan fingerprint density at radius 3 is 2.16 bits per heavy atom. The Balaban J connectivity index is 2.21. The molecule has 31 heavy (non-hydrogen) atoms. The minimum atomic E-state index is -0.651. The Morgan fingerprint density at radius 2 is 1.58 bits per heavy atom. The molecule has 0 aliphatic heterocycles. The van der Waals surface area contributed by atoms with Gasteiger partial charge >= 0.3 is 0 Å². The van der Waals surface area contributed by atoms with Gasteiger partial charge in [-0.15, -0.1) is 0 Å². The Kier molecular flexibility index (Phi) is 5.42. The number of halogens is 1. The average molecular weight is 415 g/mol. The van der Waals surface area contributed by atoms with Crippen molar-refractivity contribution in [2.24, 2.45) is 0 Å². The molecule has 4 aromatic rings. The van der Waals surface area contributed by atoms with E-state index in [-0.39, 0.29) is 28.4 Å². The van der Waals surface area contributed by atoms with E-state index in [4.69, 9.17) is 4.74 Å². The van der Waals surface area contributed by atoms with Crippen LogP contribution in [0.1, 0.15) is 41.4 Å². The summed E-state index contributed by atoms with van der Waals surface area (Å²) in [6.07, 6.45) is 0. The lowest BCUT2D eigenvalue weighted by atomic mass is 9.93. The second-order valence-corrected chi connectivity index (χ2v) is 7.61. The van der Waals surface area contributed by atoms with E-state index in [0.717, 1.165) is 11.8 Å². The van der Waals surface area contributed by atoms with Crippen LogP contribution in [0.4, 0.5) is 4.39 Å². The predicted octanol–water partition coefficient (Wildman–Crippen LogP) is 5.49. The lowest BCUT2D eigenvalue weighted by Crippen LogP contribution is -2.25. The van der Waals surface area contributed by atoms with Gasteiger partial charge in [0.2, 0.25) is 5.43 Å². The van der Waals surface area contributed by atoms with E-state index in [1.54, 1.807) is 24.3 Å². The van der Waals surface area contributed by atoms with Crippen molar-refractivity contribution in [3.8, 4) is 11.4 Å². The second kappa shape index (κ2) is 8.19. The first-order valence-electron chi connectivity index (χ1n) is 10.0. The van der Waals surface area contributed by atoms with Crippen LogP contribution in [0.5, 0.6) is 5.75 Å². The highest BCUT2D eigenvalue weighted by atomic mass is 19.1. The molecule has 1 aromatic heterocycles. The van der Waals surface area contributed by atoms with Crippen LogP contribution >= 0.6 is 0 Å². The molecule has 0 unspecified atom stereocenters. The van der Waals surface area contributed by atoms with Gasteiger partial charge in [0.15, 0.2) is 17.3 Å². The fourth-order valence-electron chi connectivity index (χ4n) is 3.91. The van der Waals surface area contributed by atoms with Crippen molar-refractivity contribution in [3.63, 3.8) is 0 Å². The molecule has 0 spiro atoms. The molecule has 156 valence electrons. The quantitative estimate of drug-likeness (QED) is 0.405. The minimum absolute atomic E-state index is 0.0356. The number of hydrogen-bond acceptors (Lipinski definition) is 3. The van der Waals surface area contributed by atoms with Gasteiger partial charge in [-0.05, 0) is 24.1 Å². The molecular formula is C26H22FNO3. The highest BCUT2D eigenvalue weighted by Gasteiger charge is 2.26. The number of pyridine rings is 1. The van der Waals surface area contributed by atoms with Crippen molar-refractivity contribution in [3.05, 3.63) is 106 Å². The number of rotatable bonds is 5. The first-order chi connectivity index (χ1) is 14.9. The molecule has 0 aliphatic carbocycles. The minimum Gasteiger partial charge on any atom is -0.494 e. The number of carbonyl (C=O) groups excluding carboxylic acids is 1. The van der Waals surface area contributed by atoms with Gasteiger partial charge in [-0.2, -0.15) is 0 Å². The normalized spacial score (nSPS) is 11.1. The molecule has 0 amide bonds. The first-order valence-corrected chi connectivity index (χ1v) is 10.0. The molecule has 0 N–H and O–H groups in total. The molecule has 0 atom stereocenters. The Labute approximate surface area is 179 Å². The first kappa shape index (κ1) is 20.5. The molecule has 0 fully saturated rings. The van der Waals surface area contributed by atoms with Crippen molar-refractivity contribution >= 4 is 16.7 Å². The van der Waals surface area contributed by atoms with Gasteiger partial charge in [0.05, 0.1) is 18.2 Å². The van der Waals surface area contributed by atoms with Gasteiger partial charge in [0, 0.05) is 28.4 Å². The van der Waals surface area contributed by atoms with Crippen molar-refractivity contribution in [1.82, 2.24) is 4.57 Å². The molecule has 3 aromatic carbocycles. The highest BCUT2D eigenvalue weighted by Crippen LogP contribution is 2.31. The summed E-state index contributed by atoms with van der Waals surface area (Å²) in [6.45, 7) is 3.87. The van der Waals surface area contributed by atoms with Crippen LogP contribution in [0.3, 0.4) is 0 Å². The smallest absolute Gasteiger partial charge is 0.200 e. The second-order valence-electron chi connectivity index (χ2n) is 7.61. The SMILES string of the molecule is COc1cc2c(cc1F)c(=O)c(C(=O)c1ccccc1)c(C(C)C)n2-c1ccccc1. The number of nitrogens with zero attached hydrogens (tertiary/aromatic N) is 1. The van der Waals surface area contributed by atoms with Crippen LogP contribution in [0.2, 0.25) is 0 Å². The van der Waals surface area contributed by atoms with Crippen LogP contribution in [-0.4, -0.2) is 17.5 Å². The van der Waals surface area contributed by atoms with E-state index in [1.807, 2.05) is 54.8 Å². The number of methoxy groups -OCH3 is 1. The summed E-state index contributed by atoms with van der Waals surface area (Å²) in [5, 5.41) is 0.130. The third-order valence-corrected chi connectivity index (χ3v) is 5.30. The lowest BCUT2D eigenvalue weighted by molar-refractivity contribution is 0.103. The molecule has 0 aliphatic rings. The molecule has 1 heterocycles. The lowest BCUT2D eigenvalue weighted by Gasteiger charge is -2.23. The molecule has 0 saturated carbocycles. The molecule has 0 bridgehead atoms. The predicted molar refractivity (Wildman–Crippen MR) is 120 cm³/mol. The maximum Gasteiger partial charge on any atom is 0.200 e. The summed E-state index contributed by atoms with van der Waals surface area (Å²) < 4.78 is 21.6. The van der Waals surface area contributed by atoms with Gasteiger partial charge in [-0.25, -0.2) is 4.39 Å². The number of benzene rings is 3. The number of aromatic nitrogens is 1. The average Bonchev–Trinajstić information content (AvgIpc) is 2.79. The summed E-state index contributed by atoms with van der Waals surface area (Å²) in [5.74, 6) is -1.15. The van der Waals surface area contributed by atoms with Crippen LogP contribution in [0, 0.1) is 5.82 Å². The van der Waals surface area contributed by atoms with E-state index in [2.05, 4.69) is 0 Å². The third kappa shape index (κ3) is 3.52. The summed E-state index contributed by atoms with van der Waals surface area (Å²) in [5.41, 5.74) is 1.82. The third-order valence-electron chi connectivity index (χ3n) is 5.30. The van der Waals surface area contributed by atoms with Gasteiger partial charge < -0.3 is 9.30 Å². The zero-order valence-electron chi connectivity index (χ0n) is 17.6. The van der Waals surface area contributed by atoms with E-state index in [1.165, 1.54) is 13.2 Å². The topological polar surface area (TPSA) is 48.3 Å². The van der Waals surface area contributed by atoms with Crippen molar-refractivity contribution < 1.29 is 13.9 Å². The number of carbonyl (C=O) groups is 1. The fraction of sp³-hybridized carbons (Fsp3) is 0.154. The summed E-state index contributed by atoms with van der Waals surface area (Å²) in [7, 11) is 1.38. The van der Waals surface area contributed by atoms with E-state index < -0.39 is 11.2 Å². The zero-order chi connectivity index (χ0) is 22.1. The summed E-state index contributed by atoms with van der Waals surface area (Å²) >= 11 is 0. The maximum atomic E-state index is 14.6. The van der Waals surface area contributed by atoms with Crippen LogP contribution < -0.4 is 10.2 Å². The highest BCUT2D eigenvalue weighted by molar-refractivity contribution is 6.11. The largest absolute Gasteiger partial charge is 0.494 e. The standard InChI is InChI=1S/C26H22FNO3/c1-16(2)24-23(25(29)17-10-6-4-7-11-17)26(30)19-14-20(27)22(31-3)15-21(19)28(24)18-12-8-5-9-13-18/h4-16H,1-3H3.